The Morgan fingerprint density at radius 1 is 0.884 bits per heavy atom. The van der Waals surface area contributed by atoms with Gasteiger partial charge in [0.1, 0.15) is 23.9 Å². The summed E-state index contributed by atoms with van der Waals surface area (Å²) in [4.78, 5) is 51.6. The molecule has 0 spiro atoms. The number of epoxide rings is 1. The molecule has 0 aromatic heterocycles. The van der Waals surface area contributed by atoms with Crippen molar-refractivity contribution in [3.8, 4) is 0 Å². The van der Waals surface area contributed by atoms with Gasteiger partial charge < -0.3 is 23.7 Å². The summed E-state index contributed by atoms with van der Waals surface area (Å²) in [7, 11) is 0. The van der Waals surface area contributed by atoms with E-state index in [1.165, 1.54) is 13.8 Å². The number of carbonyl (C=O) groups is 4. The van der Waals surface area contributed by atoms with Crippen molar-refractivity contribution < 1.29 is 42.9 Å². The standard InChI is InChI=1S/C34H46O9/c1-17(35)39-24-15-26(37)42-29(3,4)23-14-25(40-18(2)36)32(8)22(31(23,24)7)10-11-33-16-34(32,33)12-9-20(33)19-13-21(41-28(19)38)27-30(5,6)43-27/h13,20-25,27H,9-12,14-16H2,1-8H3/t20-,21+,22+,23-,24-,25+,27-,31+,32-,33+,34+/m0/s1. The number of hydrogen-bond acceptors (Lipinski definition) is 9. The predicted octanol–water partition coefficient (Wildman–Crippen LogP) is 4.83. The summed E-state index contributed by atoms with van der Waals surface area (Å²) in [6.45, 7) is 15.2. The Bertz CT molecular complexity index is 1350. The lowest BCUT2D eigenvalue weighted by atomic mass is 9.40. The van der Waals surface area contributed by atoms with E-state index in [9.17, 15) is 19.2 Å². The Balaban J connectivity index is 1.31. The molecule has 0 bridgehead atoms. The molecule has 43 heavy (non-hydrogen) atoms. The minimum absolute atomic E-state index is 0.00128. The van der Waals surface area contributed by atoms with Crippen LogP contribution in [-0.2, 0) is 42.9 Å². The molecular weight excluding hydrogens is 552 g/mol. The molecule has 0 amide bonds. The van der Waals surface area contributed by atoms with Gasteiger partial charge in [-0.1, -0.05) is 13.8 Å². The molecule has 9 heteroatoms. The molecule has 7 aliphatic rings. The van der Waals surface area contributed by atoms with E-state index in [0.29, 0.717) is 6.42 Å². The summed E-state index contributed by atoms with van der Waals surface area (Å²) in [6.07, 6.45) is 5.48. The van der Waals surface area contributed by atoms with Crippen LogP contribution in [0.2, 0.25) is 0 Å². The summed E-state index contributed by atoms with van der Waals surface area (Å²) in [6, 6.07) is 0. The molecule has 3 heterocycles. The topological polar surface area (TPSA) is 118 Å². The monoisotopic (exact) mass is 598 g/mol. The summed E-state index contributed by atoms with van der Waals surface area (Å²) < 4.78 is 30.0. The van der Waals surface area contributed by atoms with Crippen LogP contribution in [0.15, 0.2) is 11.6 Å². The van der Waals surface area contributed by atoms with Crippen LogP contribution in [0.4, 0.5) is 0 Å². The molecule has 4 aliphatic carbocycles. The van der Waals surface area contributed by atoms with E-state index in [1.54, 1.807) is 0 Å². The van der Waals surface area contributed by atoms with Crippen molar-refractivity contribution in [1.29, 1.82) is 0 Å². The van der Waals surface area contributed by atoms with Crippen molar-refractivity contribution in [3.63, 3.8) is 0 Å². The zero-order valence-corrected chi connectivity index (χ0v) is 26.7. The maximum absolute atomic E-state index is 13.3. The average molecular weight is 599 g/mol. The van der Waals surface area contributed by atoms with Crippen molar-refractivity contribution in [2.24, 2.45) is 39.4 Å². The second-order valence-electron chi connectivity index (χ2n) is 16.1. The molecule has 0 N–H and O–H groups in total. The van der Waals surface area contributed by atoms with Gasteiger partial charge in [-0.2, -0.15) is 0 Å². The van der Waals surface area contributed by atoms with Crippen molar-refractivity contribution in [2.45, 2.75) is 136 Å². The highest BCUT2D eigenvalue weighted by molar-refractivity contribution is 5.92. The predicted molar refractivity (Wildman–Crippen MR) is 152 cm³/mol. The van der Waals surface area contributed by atoms with Gasteiger partial charge in [-0.3, -0.25) is 14.4 Å². The zero-order valence-electron chi connectivity index (χ0n) is 26.7. The molecule has 0 radical (unpaired) electrons. The average Bonchev–Trinajstić information content (AvgIpc) is 3.64. The Morgan fingerprint density at radius 2 is 1.53 bits per heavy atom. The first-order chi connectivity index (χ1) is 19.9. The molecule has 236 valence electrons. The van der Waals surface area contributed by atoms with Crippen molar-refractivity contribution >= 4 is 23.9 Å². The van der Waals surface area contributed by atoms with Crippen LogP contribution in [0.3, 0.4) is 0 Å². The van der Waals surface area contributed by atoms with E-state index >= 15 is 0 Å². The van der Waals surface area contributed by atoms with Gasteiger partial charge >= 0.3 is 23.9 Å². The molecule has 3 aliphatic heterocycles. The van der Waals surface area contributed by atoms with Gasteiger partial charge in [-0.15, -0.1) is 0 Å². The first-order valence-corrected chi connectivity index (χ1v) is 16.1. The number of fused-ring (bicyclic) bond motifs is 3. The van der Waals surface area contributed by atoms with Crippen LogP contribution in [0, 0.1) is 39.4 Å². The number of carbonyl (C=O) groups excluding carboxylic acids is 4. The molecule has 7 rings (SSSR count). The van der Waals surface area contributed by atoms with E-state index in [-0.39, 0.29) is 70.7 Å². The van der Waals surface area contributed by atoms with Gasteiger partial charge in [0, 0.05) is 36.2 Å². The molecule has 11 atom stereocenters. The quantitative estimate of drug-likeness (QED) is 0.255. The minimum Gasteiger partial charge on any atom is -0.462 e. The van der Waals surface area contributed by atoms with Crippen LogP contribution < -0.4 is 0 Å². The zero-order chi connectivity index (χ0) is 31.1. The molecular formula is C34H46O9. The maximum atomic E-state index is 13.3. The lowest BCUT2D eigenvalue weighted by Crippen LogP contribution is -2.67. The Hall–Kier alpha value is -2.42. The highest BCUT2D eigenvalue weighted by atomic mass is 16.6. The number of hydrogen-bond donors (Lipinski definition) is 0. The van der Waals surface area contributed by atoms with Crippen molar-refractivity contribution in [3.05, 3.63) is 11.6 Å². The lowest BCUT2D eigenvalue weighted by molar-refractivity contribution is -0.251. The lowest BCUT2D eigenvalue weighted by Gasteiger charge is -2.66. The van der Waals surface area contributed by atoms with Crippen molar-refractivity contribution in [1.82, 2.24) is 0 Å². The third-order valence-electron chi connectivity index (χ3n) is 13.7. The Kier molecular flexibility index (Phi) is 5.89. The molecule has 9 nitrogen and oxygen atoms in total. The fraction of sp³-hybridized carbons (Fsp3) is 0.824. The second kappa shape index (κ2) is 8.64. The minimum atomic E-state index is -0.847. The maximum Gasteiger partial charge on any atom is 0.334 e. The van der Waals surface area contributed by atoms with E-state index in [2.05, 4.69) is 13.8 Å². The van der Waals surface area contributed by atoms with Crippen molar-refractivity contribution in [2.75, 3.05) is 0 Å². The molecule has 4 saturated carbocycles. The molecule has 0 unspecified atom stereocenters. The third kappa shape index (κ3) is 3.66. The molecule has 0 aromatic rings. The smallest absolute Gasteiger partial charge is 0.334 e. The van der Waals surface area contributed by atoms with Gasteiger partial charge in [0.15, 0.2) is 6.10 Å². The van der Waals surface area contributed by atoms with E-state index in [0.717, 1.165) is 37.7 Å². The van der Waals surface area contributed by atoms with Gasteiger partial charge in [-0.25, -0.2) is 4.79 Å². The number of ether oxygens (including phenoxy) is 5. The second-order valence-corrected chi connectivity index (χ2v) is 16.1. The van der Waals surface area contributed by atoms with Gasteiger partial charge in [0.25, 0.3) is 0 Å². The van der Waals surface area contributed by atoms with Crippen LogP contribution in [-0.4, -0.2) is 59.5 Å². The first-order valence-electron chi connectivity index (χ1n) is 16.1. The van der Waals surface area contributed by atoms with Crippen LogP contribution in [0.5, 0.6) is 0 Å². The summed E-state index contributed by atoms with van der Waals surface area (Å²) in [5, 5.41) is 0. The van der Waals surface area contributed by atoms with Crippen LogP contribution in [0.25, 0.3) is 0 Å². The molecule has 2 saturated heterocycles. The molecule has 6 fully saturated rings. The highest BCUT2D eigenvalue weighted by Gasteiger charge is 2.87. The number of esters is 4. The first kappa shape index (κ1) is 29.3. The summed E-state index contributed by atoms with van der Waals surface area (Å²) >= 11 is 0. The largest absolute Gasteiger partial charge is 0.462 e. The summed E-state index contributed by atoms with van der Waals surface area (Å²) in [5.74, 6) is -1.48. The Morgan fingerprint density at radius 3 is 2.16 bits per heavy atom. The third-order valence-corrected chi connectivity index (χ3v) is 13.7. The van der Waals surface area contributed by atoms with E-state index in [4.69, 9.17) is 23.7 Å². The fourth-order valence-corrected chi connectivity index (χ4v) is 12.0. The normalized spacial score (nSPS) is 50.0. The fourth-order valence-electron chi connectivity index (χ4n) is 12.0. The summed E-state index contributed by atoms with van der Waals surface area (Å²) in [5.41, 5.74) is -1.65. The van der Waals surface area contributed by atoms with Crippen LogP contribution in [0.1, 0.15) is 100 Å². The Labute approximate surface area is 253 Å². The van der Waals surface area contributed by atoms with Gasteiger partial charge in [-0.05, 0) is 95.0 Å². The van der Waals surface area contributed by atoms with Gasteiger partial charge in [0.05, 0.1) is 12.0 Å². The highest BCUT2D eigenvalue weighted by Crippen LogP contribution is 2.90. The molecule has 0 aromatic carbocycles. The number of cyclic esters (lactones) is 2. The van der Waals surface area contributed by atoms with E-state index < -0.39 is 34.6 Å². The van der Waals surface area contributed by atoms with E-state index in [1.807, 2.05) is 33.8 Å². The van der Waals surface area contributed by atoms with Crippen LogP contribution >= 0.6 is 0 Å². The van der Waals surface area contributed by atoms with Gasteiger partial charge in [0.2, 0.25) is 0 Å². The SMILES string of the molecule is CC(=O)O[C@H]1CC(=O)OC(C)(C)[C@@H]2C[C@@H](OC(C)=O)[C@]3(C)[C@H](CC[C@]45C[C@@]43CC[C@H]5C3=C[C@H]([C@@H]4OC4(C)C)OC3=O)[C@@]12C. The number of rotatable bonds is 4.